The molecule has 0 radical (unpaired) electrons. The Labute approximate surface area is 100 Å². The van der Waals surface area contributed by atoms with Gasteiger partial charge in [-0.05, 0) is 40.2 Å². The molecule has 1 fully saturated rings. The third-order valence-corrected chi connectivity index (χ3v) is 3.12. The number of hydrogen-bond donors (Lipinski definition) is 1. The van der Waals surface area contributed by atoms with Crippen molar-refractivity contribution in [3.05, 3.63) is 0 Å². The molecule has 0 aromatic heterocycles. The minimum atomic E-state index is -0.00742. The average molecular weight is 228 g/mol. The normalized spacial score (nSPS) is 27.9. The van der Waals surface area contributed by atoms with E-state index in [2.05, 4.69) is 32.6 Å². The van der Waals surface area contributed by atoms with Crippen molar-refractivity contribution in [1.29, 1.82) is 0 Å². The SMILES string of the molecule is CCCC(N)CCN1CC(C)OC(C)(C)C1. The van der Waals surface area contributed by atoms with Gasteiger partial charge in [-0.2, -0.15) is 0 Å². The molecular weight excluding hydrogens is 200 g/mol. The summed E-state index contributed by atoms with van der Waals surface area (Å²) in [5, 5.41) is 0. The molecule has 1 heterocycles. The summed E-state index contributed by atoms with van der Waals surface area (Å²) in [6.45, 7) is 11.9. The molecule has 2 N–H and O–H groups in total. The van der Waals surface area contributed by atoms with E-state index in [1.54, 1.807) is 0 Å². The lowest BCUT2D eigenvalue weighted by Crippen LogP contribution is -2.52. The molecule has 3 heteroatoms. The summed E-state index contributed by atoms with van der Waals surface area (Å²) >= 11 is 0. The Morgan fingerprint density at radius 1 is 1.44 bits per heavy atom. The van der Waals surface area contributed by atoms with Crippen molar-refractivity contribution < 1.29 is 4.74 Å². The third-order valence-electron chi connectivity index (χ3n) is 3.12. The number of nitrogens with two attached hydrogens (primary N) is 1. The first-order valence-electron chi connectivity index (χ1n) is 6.58. The molecule has 16 heavy (non-hydrogen) atoms. The van der Waals surface area contributed by atoms with Gasteiger partial charge in [0.25, 0.3) is 0 Å². The molecule has 96 valence electrons. The van der Waals surface area contributed by atoms with Crippen molar-refractivity contribution >= 4 is 0 Å². The molecular formula is C13H28N2O. The van der Waals surface area contributed by atoms with Gasteiger partial charge in [0, 0.05) is 19.1 Å². The Balaban J connectivity index is 2.31. The maximum absolute atomic E-state index is 6.05. The number of morpholine rings is 1. The highest BCUT2D eigenvalue weighted by atomic mass is 16.5. The first-order chi connectivity index (χ1) is 7.43. The zero-order valence-electron chi connectivity index (χ0n) is 11.3. The smallest absolute Gasteiger partial charge is 0.0757 e. The van der Waals surface area contributed by atoms with Crippen molar-refractivity contribution in [3.8, 4) is 0 Å². The zero-order valence-corrected chi connectivity index (χ0v) is 11.3. The van der Waals surface area contributed by atoms with Crippen LogP contribution in [0.3, 0.4) is 0 Å². The fourth-order valence-electron chi connectivity index (χ4n) is 2.62. The fraction of sp³-hybridized carbons (Fsp3) is 1.00. The molecule has 3 nitrogen and oxygen atoms in total. The number of nitrogens with zero attached hydrogens (tertiary/aromatic N) is 1. The monoisotopic (exact) mass is 228 g/mol. The predicted octanol–water partition coefficient (Wildman–Crippen LogP) is 2.00. The van der Waals surface area contributed by atoms with Crippen LogP contribution in [0.15, 0.2) is 0 Å². The van der Waals surface area contributed by atoms with Gasteiger partial charge in [-0.3, -0.25) is 4.90 Å². The Morgan fingerprint density at radius 3 is 2.69 bits per heavy atom. The summed E-state index contributed by atoms with van der Waals surface area (Å²) in [6, 6.07) is 0.367. The lowest BCUT2D eigenvalue weighted by atomic mass is 10.0. The standard InChI is InChI=1S/C13H28N2O/c1-5-6-12(14)7-8-15-9-11(2)16-13(3,4)10-15/h11-12H,5-10,14H2,1-4H3. The van der Waals surface area contributed by atoms with Crippen molar-refractivity contribution in [2.45, 2.75) is 64.7 Å². The molecule has 0 saturated carbocycles. The average Bonchev–Trinajstić information content (AvgIpc) is 2.12. The van der Waals surface area contributed by atoms with Gasteiger partial charge in [0.2, 0.25) is 0 Å². The minimum absolute atomic E-state index is 0.00742. The second kappa shape index (κ2) is 5.99. The van der Waals surface area contributed by atoms with E-state index in [0.29, 0.717) is 12.1 Å². The van der Waals surface area contributed by atoms with E-state index < -0.39 is 0 Å². The van der Waals surface area contributed by atoms with Gasteiger partial charge < -0.3 is 10.5 Å². The Hall–Kier alpha value is -0.120. The molecule has 1 aliphatic rings. The van der Waals surface area contributed by atoms with E-state index in [1.165, 1.54) is 6.42 Å². The molecule has 0 aromatic carbocycles. The van der Waals surface area contributed by atoms with Gasteiger partial charge in [-0.1, -0.05) is 13.3 Å². The summed E-state index contributed by atoms with van der Waals surface area (Å²) < 4.78 is 5.89. The van der Waals surface area contributed by atoms with E-state index in [9.17, 15) is 0 Å². The van der Waals surface area contributed by atoms with E-state index >= 15 is 0 Å². The van der Waals surface area contributed by atoms with Crippen LogP contribution >= 0.6 is 0 Å². The molecule has 0 spiro atoms. The lowest BCUT2D eigenvalue weighted by molar-refractivity contribution is -0.128. The molecule has 0 amide bonds. The van der Waals surface area contributed by atoms with Gasteiger partial charge in [-0.25, -0.2) is 0 Å². The quantitative estimate of drug-likeness (QED) is 0.782. The first kappa shape index (κ1) is 13.9. The predicted molar refractivity (Wildman–Crippen MR) is 68.6 cm³/mol. The molecule has 2 atom stereocenters. The zero-order chi connectivity index (χ0) is 12.2. The molecule has 1 saturated heterocycles. The van der Waals surface area contributed by atoms with E-state index in [1.807, 2.05) is 0 Å². The van der Waals surface area contributed by atoms with Crippen LogP contribution in [-0.4, -0.2) is 42.3 Å². The molecule has 1 rings (SSSR count). The fourth-order valence-corrected chi connectivity index (χ4v) is 2.62. The summed E-state index contributed by atoms with van der Waals surface area (Å²) in [4.78, 5) is 2.49. The van der Waals surface area contributed by atoms with E-state index in [-0.39, 0.29) is 5.60 Å². The van der Waals surface area contributed by atoms with Gasteiger partial charge >= 0.3 is 0 Å². The number of rotatable bonds is 5. The Bertz CT molecular complexity index is 206. The van der Waals surface area contributed by atoms with Crippen LogP contribution < -0.4 is 5.73 Å². The van der Waals surface area contributed by atoms with Crippen LogP contribution in [0.2, 0.25) is 0 Å². The van der Waals surface area contributed by atoms with E-state index in [4.69, 9.17) is 10.5 Å². The largest absolute Gasteiger partial charge is 0.370 e. The maximum atomic E-state index is 6.05. The first-order valence-corrected chi connectivity index (χ1v) is 6.58. The van der Waals surface area contributed by atoms with Gasteiger partial charge in [0.1, 0.15) is 0 Å². The van der Waals surface area contributed by atoms with Crippen LogP contribution in [0.4, 0.5) is 0 Å². The second-order valence-electron chi connectivity index (χ2n) is 5.76. The van der Waals surface area contributed by atoms with Crippen molar-refractivity contribution in [2.75, 3.05) is 19.6 Å². The highest BCUT2D eigenvalue weighted by molar-refractivity contribution is 4.83. The number of ether oxygens (including phenoxy) is 1. The molecule has 0 bridgehead atoms. The van der Waals surface area contributed by atoms with Crippen molar-refractivity contribution in [3.63, 3.8) is 0 Å². The molecule has 1 aliphatic heterocycles. The van der Waals surface area contributed by atoms with E-state index in [0.717, 1.165) is 32.5 Å². The van der Waals surface area contributed by atoms with Crippen LogP contribution in [0, 0.1) is 0 Å². The van der Waals surface area contributed by atoms with Crippen molar-refractivity contribution in [1.82, 2.24) is 4.90 Å². The summed E-state index contributed by atoms with van der Waals surface area (Å²) in [5.41, 5.74) is 6.04. The second-order valence-corrected chi connectivity index (χ2v) is 5.76. The third kappa shape index (κ3) is 4.81. The number of hydrogen-bond acceptors (Lipinski definition) is 3. The highest BCUT2D eigenvalue weighted by Gasteiger charge is 2.30. The van der Waals surface area contributed by atoms with Crippen LogP contribution in [-0.2, 0) is 4.74 Å². The summed E-state index contributed by atoms with van der Waals surface area (Å²) in [7, 11) is 0. The van der Waals surface area contributed by atoms with Gasteiger partial charge in [0.05, 0.1) is 11.7 Å². The van der Waals surface area contributed by atoms with Gasteiger partial charge in [0.15, 0.2) is 0 Å². The molecule has 0 aromatic rings. The maximum Gasteiger partial charge on any atom is 0.0757 e. The lowest BCUT2D eigenvalue weighted by Gasteiger charge is -2.42. The highest BCUT2D eigenvalue weighted by Crippen LogP contribution is 2.20. The Kier molecular flexibility index (Phi) is 5.22. The van der Waals surface area contributed by atoms with Crippen LogP contribution in [0.25, 0.3) is 0 Å². The topological polar surface area (TPSA) is 38.5 Å². The van der Waals surface area contributed by atoms with Crippen molar-refractivity contribution in [2.24, 2.45) is 5.73 Å². The van der Waals surface area contributed by atoms with Crippen LogP contribution in [0.5, 0.6) is 0 Å². The molecule has 2 unspecified atom stereocenters. The minimum Gasteiger partial charge on any atom is -0.370 e. The summed E-state index contributed by atoms with van der Waals surface area (Å²) in [5.74, 6) is 0. The Morgan fingerprint density at radius 2 is 2.12 bits per heavy atom. The molecule has 0 aliphatic carbocycles. The summed E-state index contributed by atoms with van der Waals surface area (Å²) in [6.07, 6.45) is 3.78. The van der Waals surface area contributed by atoms with Crippen LogP contribution in [0.1, 0.15) is 47.0 Å². The van der Waals surface area contributed by atoms with Gasteiger partial charge in [-0.15, -0.1) is 0 Å².